The summed E-state index contributed by atoms with van der Waals surface area (Å²) in [6, 6.07) is 0. The fourth-order valence-corrected chi connectivity index (χ4v) is 1.23. The average Bonchev–Trinajstić information content (AvgIpc) is 2.43. The van der Waals surface area contributed by atoms with Gasteiger partial charge in [0.15, 0.2) is 5.69 Å². The van der Waals surface area contributed by atoms with Gasteiger partial charge in [-0.2, -0.15) is 9.97 Å². The van der Waals surface area contributed by atoms with Crippen LogP contribution in [0.25, 0.3) is 0 Å². The van der Waals surface area contributed by atoms with Gasteiger partial charge in [0.2, 0.25) is 11.8 Å². The van der Waals surface area contributed by atoms with Crippen molar-refractivity contribution in [3.8, 4) is 11.8 Å². The highest BCUT2D eigenvalue weighted by Crippen LogP contribution is 2.26. The van der Waals surface area contributed by atoms with Gasteiger partial charge in [0.25, 0.3) is 0 Å². The first-order chi connectivity index (χ1) is 9.29. The summed E-state index contributed by atoms with van der Waals surface area (Å²) in [7, 11) is 1.62. The van der Waals surface area contributed by atoms with Crippen LogP contribution in [-0.2, 0) is 9.47 Å². The van der Waals surface area contributed by atoms with Crippen LogP contribution in [0.4, 0.5) is 5.69 Å². The summed E-state index contributed by atoms with van der Waals surface area (Å²) in [5.41, 5.74) is 6.16. The van der Waals surface area contributed by atoms with Crippen molar-refractivity contribution in [1.82, 2.24) is 9.97 Å². The molecular formula is C12H21N3O4. The van der Waals surface area contributed by atoms with Crippen molar-refractivity contribution < 1.29 is 18.9 Å². The Kier molecular flexibility index (Phi) is 7.60. The first-order valence-electron chi connectivity index (χ1n) is 6.22. The smallest absolute Gasteiger partial charge is 0.244 e. The Balaban J connectivity index is 2.36. The summed E-state index contributed by atoms with van der Waals surface area (Å²) in [5.74, 6) is 0.670. The number of methoxy groups -OCH3 is 1. The van der Waals surface area contributed by atoms with Crippen LogP contribution in [0, 0.1) is 0 Å². The maximum atomic E-state index is 5.85. The second-order valence-electron chi connectivity index (χ2n) is 3.70. The fraction of sp³-hybridized carbons (Fsp3) is 0.667. The van der Waals surface area contributed by atoms with E-state index in [0.717, 1.165) is 6.42 Å². The minimum Gasteiger partial charge on any atom is -0.476 e. The molecule has 0 saturated heterocycles. The Labute approximate surface area is 113 Å². The largest absolute Gasteiger partial charge is 0.476 e. The summed E-state index contributed by atoms with van der Waals surface area (Å²) in [6.07, 6.45) is 2.25. The highest BCUT2D eigenvalue weighted by Gasteiger charge is 2.10. The van der Waals surface area contributed by atoms with E-state index in [-0.39, 0.29) is 0 Å². The number of nitrogens with two attached hydrogens (primary N) is 1. The summed E-state index contributed by atoms with van der Waals surface area (Å²) in [4.78, 5) is 7.92. The van der Waals surface area contributed by atoms with Crippen LogP contribution in [0.2, 0.25) is 0 Å². The molecule has 19 heavy (non-hydrogen) atoms. The molecule has 0 amide bonds. The van der Waals surface area contributed by atoms with Crippen molar-refractivity contribution in [2.75, 3.05) is 45.9 Å². The van der Waals surface area contributed by atoms with Crippen molar-refractivity contribution in [1.29, 1.82) is 0 Å². The molecule has 1 heterocycles. The molecule has 0 radical (unpaired) electrons. The van der Waals surface area contributed by atoms with E-state index in [4.69, 9.17) is 24.7 Å². The van der Waals surface area contributed by atoms with Gasteiger partial charge >= 0.3 is 0 Å². The molecule has 0 bridgehead atoms. The van der Waals surface area contributed by atoms with Gasteiger partial charge < -0.3 is 24.7 Å². The number of nitrogen functional groups attached to an aromatic ring is 1. The molecule has 1 aromatic rings. The summed E-state index contributed by atoms with van der Waals surface area (Å²) >= 11 is 0. The van der Waals surface area contributed by atoms with E-state index < -0.39 is 0 Å². The molecule has 0 unspecified atom stereocenters. The lowest BCUT2D eigenvalue weighted by Gasteiger charge is -2.11. The number of rotatable bonds is 10. The molecule has 7 nitrogen and oxygen atoms in total. The second-order valence-corrected chi connectivity index (χ2v) is 3.70. The summed E-state index contributed by atoms with van der Waals surface area (Å²) in [6.45, 7) is 4.46. The molecule has 0 saturated carbocycles. The minimum absolute atomic E-state index is 0.313. The Morgan fingerprint density at radius 2 is 1.63 bits per heavy atom. The SMILES string of the molecule is CCCOc1ncnc(OCCOCCOC)c1N. The van der Waals surface area contributed by atoms with E-state index in [0.29, 0.717) is 50.5 Å². The number of ether oxygens (including phenoxy) is 4. The van der Waals surface area contributed by atoms with Gasteiger partial charge in [-0.05, 0) is 6.42 Å². The lowest BCUT2D eigenvalue weighted by Crippen LogP contribution is -2.12. The number of nitrogens with zero attached hydrogens (tertiary/aromatic N) is 2. The molecule has 0 aromatic carbocycles. The Morgan fingerprint density at radius 3 is 2.26 bits per heavy atom. The third-order valence-corrected chi connectivity index (χ3v) is 2.15. The molecule has 1 aromatic heterocycles. The molecule has 0 atom stereocenters. The summed E-state index contributed by atoms with van der Waals surface area (Å²) < 4.78 is 20.9. The van der Waals surface area contributed by atoms with Crippen LogP contribution < -0.4 is 15.2 Å². The quantitative estimate of drug-likeness (QED) is 0.632. The lowest BCUT2D eigenvalue weighted by molar-refractivity contribution is 0.0537. The summed E-state index contributed by atoms with van der Waals surface area (Å²) in [5, 5.41) is 0. The van der Waals surface area contributed by atoms with E-state index in [2.05, 4.69) is 9.97 Å². The van der Waals surface area contributed by atoms with Crippen molar-refractivity contribution >= 4 is 5.69 Å². The molecule has 0 aliphatic heterocycles. The van der Waals surface area contributed by atoms with Crippen LogP contribution in [0.5, 0.6) is 11.8 Å². The van der Waals surface area contributed by atoms with Crippen LogP contribution in [0.1, 0.15) is 13.3 Å². The fourth-order valence-electron chi connectivity index (χ4n) is 1.23. The third kappa shape index (κ3) is 5.71. The Morgan fingerprint density at radius 1 is 1.00 bits per heavy atom. The standard InChI is InChI=1S/C12H21N3O4/c1-3-4-18-11-10(13)12(15-9-14-11)19-8-7-17-6-5-16-2/h9H,3-8,13H2,1-2H3. The minimum atomic E-state index is 0.313. The van der Waals surface area contributed by atoms with Crippen molar-refractivity contribution in [3.05, 3.63) is 6.33 Å². The maximum Gasteiger partial charge on any atom is 0.244 e. The molecule has 0 aliphatic carbocycles. The highest BCUT2D eigenvalue weighted by atomic mass is 16.5. The van der Waals surface area contributed by atoms with Crippen molar-refractivity contribution in [3.63, 3.8) is 0 Å². The van der Waals surface area contributed by atoms with Crippen LogP contribution >= 0.6 is 0 Å². The van der Waals surface area contributed by atoms with Gasteiger partial charge in [0.05, 0.1) is 26.4 Å². The van der Waals surface area contributed by atoms with Crippen molar-refractivity contribution in [2.45, 2.75) is 13.3 Å². The number of hydrogen-bond donors (Lipinski definition) is 1. The topological polar surface area (TPSA) is 88.7 Å². The predicted molar refractivity (Wildman–Crippen MR) is 70.4 cm³/mol. The average molecular weight is 271 g/mol. The Bertz CT molecular complexity index is 363. The normalized spacial score (nSPS) is 10.4. The maximum absolute atomic E-state index is 5.85. The number of anilines is 1. The molecule has 0 spiro atoms. The highest BCUT2D eigenvalue weighted by molar-refractivity contribution is 5.55. The van der Waals surface area contributed by atoms with Gasteiger partial charge in [0, 0.05) is 7.11 Å². The monoisotopic (exact) mass is 271 g/mol. The van der Waals surface area contributed by atoms with Gasteiger partial charge in [-0.1, -0.05) is 6.92 Å². The van der Waals surface area contributed by atoms with E-state index in [1.807, 2.05) is 6.92 Å². The van der Waals surface area contributed by atoms with Crippen LogP contribution in [0.3, 0.4) is 0 Å². The van der Waals surface area contributed by atoms with Gasteiger partial charge in [-0.15, -0.1) is 0 Å². The number of hydrogen-bond acceptors (Lipinski definition) is 7. The molecular weight excluding hydrogens is 250 g/mol. The molecule has 1 rings (SSSR count). The molecule has 2 N–H and O–H groups in total. The van der Waals surface area contributed by atoms with E-state index in [1.165, 1.54) is 6.33 Å². The van der Waals surface area contributed by atoms with Crippen molar-refractivity contribution in [2.24, 2.45) is 0 Å². The second kappa shape index (κ2) is 9.35. The lowest BCUT2D eigenvalue weighted by atomic mass is 10.5. The number of aromatic nitrogens is 2. The molecule has 0 fully saturated rings. The molecule has 108 valence electrons. The zero-order valence-electron chi connectivity index (χ0n) is 11.4. The molecule has 7 heteroatoms. The van der Waals surface area contributed by atoms with Gasteiger partial charge in [-0.3, -0.25) is 0 Å². The van der Waals surface area contributed by atoms with Crippen LogP contribution in [0.15, 0.2) is 6.33 Å². The first-order valence-corrected chi connectivity index (χ1v) is 6.22. The van der Waals surface area contributed by atoms with E-state index >= 15 is 0 Å². The Hall–Kier alpha value is -1.60. The van der Waals surface area contributed by atoms with E-state index in [9.17, 15) is 0 Å². The predicted octanol–water partition coefficient (Wildman–Crippen LogP) is 0.889. The first kappa shape index (κ1) is 15.5. The van der Waals surface area contributed by atoms with E-state index in [1.54, 1.807) is 7.11 Å². The third-order valence-electron chi connectivity index (χ3n) is 2.15. The zero-order chi connectivity index (χ0) is 13.9. The molecule has 0 aliphatic rings. The van der Waals surface area contributed by atoms with Gasteiger partial charge in [0.1, 0.15) is 12.9 Å². The van der Waals surface area contributed by atoms with Gasteiger partial charge in [-0.25, -0.2) is 0 Å². The van der Waals surface area contributed by atoms with Crippen LogP contribution in [-0.4, -0.2) is 50.1 Å². The zero-order valence-corrected chi connectivity index (χ0v) is 11.4.